The van der Waals surface area contributed by atoms with E-state index in [1.165, 1.54) is 11.8 Å². The molecule has 1 saturated heterocycles. The fraction of sp³-hybridized carbons (Fsp3) is 0.357. The van der Waals surface area contributed by atoms with Crippen LogP contribution >= 0.6 is 0 Å². The number of ketones is 1. The van der Waals surface area contributed by atoms with Crippen LogP contribution in [0.2, 0.25) is 0 Å². The maximum Gasteiger partial charge on any atom is 0.332 e. The topological polar surface area (TPSA) is 57.7 Å². The lowest BCUT2D eigenvalue weighted by molar-refractivity contribution is -0.130. The van der Waals surface area contributed by atoms with Gasteiger partial charge in [0.25, 0.3) is 5.91 Å². The van der Waals surface area contributed by atoms with E-state index in [2.05, 4.69) is 0 Å². The zero-order valence-corrected chi connectivity index (χ0v) is 11.2. The molecule has 1 aromatic carbocycles. The van der Waals surface area contributed by atoms with Gasteiger partial charge in [0.15, 0.2) is 0 Å². The van der Waals surface area contributed by atoms with Crippen molar-refractivity contribution in [1.82, 2.24) is 4.90 Å². The Labute approximate surface area is 111 Å². The summed E-state index contributed by atoms with van der Waals surface area (Å²) in [5, 5.41) is 0. The molecule has 1 aliphatic heterocycles. The van der Waals surface area contributed by atoms with E-state index in [-0.39, 0.29) is 18.2 Å². The van der Waals surface area contributed by atoms with Gasteiger partial charge in [-0.15, -0.1) is 0 Å². The standard InChI is InChI=1S/C14H16N2O3/c1-9-4-6-12(7-5-9)16-11(3)13(18)15(14(16)19)8-10(2)17/h4-7,11H,8H2,1-3H3. The lowest BCUT2D eigenvalue weighted by atomic mass is 10.2. The van der Waals surface area contributed by atoms with E-state index >= 15 is 0 Å². The summed E-state index contributed by atoms with van der Waals surface area (Å²) in [6.07, 6.45) is 0. The van der Waals surface area contributed by atoms with Crippen LogP contribution in [0.25, 0.3) is 0 Å². The smallest absolute Gasteiger partial charge is 0.298 e. The Morgan fingerprint density at radius 1 is 1.21 bits per heavy atom. The largest absolute Gasteiger partial charge is 0.332 e. The van der Waals surface area contributed by atoms with Gasteiger partial charge >= 0.3 is 6.03 Å². The lowest BCUT2D eigenvalue weighted by Crippen LogP contribution is -2.36. The number of imide groups is 1. The summed E-state index contributed by atoms with van der Waals surface area (Å²) in [4.78, 5) is 37.8. The number of urea groups is 1. The molecule has 0 bridgehead atoms. The number of rotatable bonds is 3. The molecule has 0 saturated carbocycles. The fourth-order valence-electron chi connectivity index (χ4n) is 2.13. The van der Waals surface area contributed by atoms with Crippen molar-refractivity contribution in [1.29, 1.82) is 0 Å². The number of hydrogen-bond donors (Lipinski definition) is 0. The van der Waals surface area contributed by atoms with E-state index in [0.29, 0.717) is 5.69 Å². The van der Waals surface area contributed by atoms with Crippen molar-refractivity contribution in [3.8, 4) is 0 Å². The minimum Gasteiger partial charge on any atom is -0.298 e. The summed E-state index contributed by atoms with van der Waals surface area (Å²) >= 11 is 0. The van der Waals surface area contributed by atoms with Crippen LogP contribution in [0.1, 0.15) is 19.4 Å². The molecular weight excluding hydrogens is 244 g/mol. The van der Waals surface area contributed by atoms with Crippen LogP contribution in [0.3, 0.4) is 0 Å². The Morgan fingerprint density at radius 3 is 2.32 bits per heavy atom. The fourth-order valence-corrected chi connectivity index (χ4v) is 2.13. The number of benzene rings is 1. The predicted octanol–water partition coefficient (Wildman–Crippen LogP) is 1.74. The zero-order valence-electron chi connectivity index (χ0n) is 11.2. The number of aryl methyl sites for hydroxylation is 1. The number of carbonyl (C=O) groups is 3. The number of anilines is 1. The molecule has 1 aromatic rings. The van der Waals surface area contributed by atoms with Crippen LogP contribution in [0.4, 0.5) is 10.5 Å². The molecule has 0 aromatic heterocycles. The Hall–Kier alpha value is -2.17. The first kappa shape index (κ1) is 13.3. The molecule has 1 aliphatic rings. The molecule has 100 valence electrons. The lowest BCUT2D eigenvalue weighted by Gasteiger charge is -2.19. The molecule has 19 heavy (non-hydrogen) atoms. The van der Waals surface area contributed by atoms with E-state index in [4.69, 9.17) is 0 Å². The number of nitrogens with zero attached hydrogens (tertiary/aromatic N) is 2. The highest BCUT2D eigenvalue weighted by Gasteiger charge is 2.43. The Balaban J connectivity index is 2.32. The van der Waals surface area contributed by atoms with Gasteiger partial charge in [-0.05, 0) is 32.9 Å². The summed E-state index contributed by atoms with van der Waals surface area (Å²) in [5.74, 6) is -0.541. The summed E-state index contributed by atoms with van der Waals surface area (Å²) in [6.45, 7) is 4.82. The summed E-state index contributed by atoms with van der Waals surface area (Å²) in [5.41, 5.74) is 1.75. The van der Waals surface area contributed by atoms with Gasteiger partial charge in [-0.2, -0.15) is 0 Å². The monoisotopic (exact) mass is 260 g/mol. The van der Waals surface area contributed by atoms with Crippen LogP contribution in [0.15, 0.2) is 24.3 Å². The Kier molecular flexibility index (Phi) is 3.38. The van der Waals surface area contributed by atoms with Crippen LogP contribution in [-0.2, 0) is 9.59 Å². The molecule has 1 unspecified atom stereocenters. The van der Waals surface area contributed by atoms with E-state index in [0.717, 1.165) is 10.5 Å². The van der Waals surface area contributed by atoms with Crippen LogP contribution in [0, 0.1) is 6.92 Å². The number of Topliss-reactive ketones (excluding diaryl/α,β-unsaturated/α-hetero) is 1. The Morgan fingerprint density at radius 2 is 1.79 bits per heavy atom. The normalized spacial score (nSPS) is 19.2. The summed E-state index contributed by atoms with van der Waals surface area (Å²) in [7, 11) is 0. The number of carbonyl (C=O) groups excluding carboxylic acids is 3. The molecule has 0 radical (unpaired) electrons. The van der Waals surface area contributed by atoms with Crippen LogP contribution in [-0.4, -0.2) is 35.2 Å². The van der Waals surface area contributed by atoms with Crippen LogP contribution in [0.5, 0.6) is 0 Å². The van der Waals surface area contributed by atoms with E-state index < -0.39 is 12.1 Å². The summed E-state index contributed by atoms with van der Waals surface area (Å²) in [6, 6.07) is 6.36. The zero-order chi connectivity index (χ0) is 14.2. The minimum atomic E-state index is -0.574. The first-order valence-corrected chi connectivity index (χ1v) is 6.12. The third kappa shape index (κ3) is 2.36. The SMILES string of the molecule is CC(=O)CN1C(=O)C(C)N(c2ccc(C)cc2)C1=O. The van der Waals surface area contributed by atoms with Crippen molar-refractivity contribution in [3.63, 3.8) is 0 Å². The predicted molar refractivity (Wildman–Crippen MR) is 70.9 cm³/mol. The van der Waals surface area contributed by atoms with Crippen molar-refractivity contribution in [2.75, 3.05) is 11.4 Å². The molecule has 0 spiro atoms. The highest BCUT2D eigenvalue weighted by atomic mass is 16.2. The molecular formula is C14H16N2O3. The molecule has 0 aliphatic carbocycles. The van der Waals surface area contributed by atoms with Crippen molar-refractivity contribution in [3.05, 3.63) is 29.8 Å². The van der Waals surface area contributed by atoms with Gasteiger partial charge in [0.1, 0.15) is 11.8 Å². The average molecular weight is 260 g/mol. The van der Waals surface area contributed by atoms with Crippen molar-refractivity contribution in [2.45, 2.75) is 26.8 Å². The number of hydrogen-bond acceptors (Lipinski definition) is 3. The second kappa shape index (κ2) is 4.84. The molecule has 3 amide bonds. The first-order chi connectivity index (χ1) is 8.91. The van der Waals surface area contributed by atoms with E-state index in [1.807, 2.05) is 19.1 Å². The second-order valence-electron chi connectivity index (χ2n) is 4.79. The highest BCUT2D eigenvalue weighted by molar-refractivity contribution is 6.15. The van der Waals surface area contributed by atoms with Gasteiger partial charge in [0, 0.05) is 5.69 Å². The minimum absolute atomic E-state index is 0.162. The second-order valence-corrected chi connectivity index (χ2v) is 4.79. The third-order valence-corrected chi connectivity index (χ3v) is 3.14. The van der Waals surface area contributed by atoms with Gasteiger partial charge in [0.05, 0.1) is 6.54 Å². The molecule has 2 rings (SSSR count). The quantitative estimate of drug-likeness (QED) is 0.778. The summed E-state index contributed by atoms with van der Waals surface area (Å²) < 4.78 is 0. The van der Waals surface area contributed by atoms with Gasteiger partial charge in [-0.3, -0.25) is 19.4 Å². The molecule has 5 nitrogen and oxygen atoms in total. The Bertz CT molecular complexity index is 536. The van der Waals surface area contributed by atoms with Crippen molar-refractivity contribution < 1.29 is 14.4 Å². The molecule has 1 heterocycles. The van der Waals surface area contributed by atoms with E-state index in [9.17, 15) is 14.4 Å². The van der Waals surface area contributed by atoms with Gasteiger partial charge in [0.2, 0.25) is 0 Å². The van der Waals surface area contributed by atoms with Gasteiger partial charge in [-0.1, -0.05) is 17.7 Å². The van der Waals surface area contributed by atoms with Gasteiger partial charge < -0.3 is 0 Å². The van der Waals surface area contributed by atoms with E-state index in [1.54, 1.807) is 19.1 Å². The molecule has 1 fully saturated rings. The molecule has 1 atom stereocenters. The van der Waals surface area contributed by atoms with Gasteiger partial charge in [-0.25, -0.2) is 4.79 Å². The van der Waals surface area contributed by atoms with Crippen LogP contribution < -0.4 is 4.90 Å². The van der Waals surface area contributed by atoms with Crippen molar-refractivity contribution >= 4 is 23.4 Å². The maximum absolute atomic E-state index is 12.2. The maximum atomic E-state index is 12.2. The average Bonchev–Trinajstić information content (AvgIpc) is 2.55. The number of amides is 3. The molecule has 0 N–H and O–H groups in total. The highest BCUT2D eigenvalue weighted by Crippen LogP contribution is 2.25. The third-order valence-electron chi connectivity index (χ3n) is 3.14. The van der Waals surface area contributed by atoms with Crippen molar-refractivity contribution in [2.24, 2.45) is 0 Å². The molecule has 5 heteroatoms. The first-order valence-electron chi connectivity index (χ1n) is 6.12.